The Balaban J connectivity index is 2.13. The molecule has 0 saturated heterocycles. The standard InChI is InChI=1S/C12H7F3N4/c13-12(14,15)11-4-3-10(18-19-11)5-9-2-1-8(6-16)7-17-9/h1-4,7H,5H2. The maximum absolute atomic E-state index is 12.3. The maximum atomic E-state index is 12.3. The fourth-order valence-electron chi connectivity index (χ4n) is 1.39. The minimum absolute atomic E-state index is 0.261. The van der Waals surface area contributed by atoms with Crippen molar-refractivity contribution >= 4 is 0 Å². The molecule has 0 aliphatic heterocycles. The van der Waals surface area contributed by atoms with Gasteiger partial charge in [0.05, 0.1) is 11.3 Å². The molecule has 0 bridgehead atoms. The molecule has 0 aromatic carbocycles. The van der Waals surface area contributed by atoms with Crippen LogP contribution in [0.2, 0.25) is 0 Å². The van der Waals surface area contributed by atoms with E-state index in [4.69, 9.17) is 5.26 Å². The van der Waals surface area contributed by atoms with Crippen LogP contribution in [0.1, 0.15) is 22.6 Å². The number of hydrogen-bond acceptors (Lipinski definition) is 4. The molecule has 0 fully saturated rings. The molecular formula is C12H7F3N4. The van der Waals surface area contributed by atoms with Crippen LogP contribution < -0.4 is 0 Å². The van der Waals surface area contributed by atoms with E-state index in [0.717, 1.165) is 6.07 Å². The molecule has 0 N–H and O–H groups in total. The predicted molar refractivity (Wildman–Crippen MR) is 58.8 cm³/mol. The maximum Gasteiger partial charge on any atom is 0.435 e. The average molecular weight is 264 g/mol. The summed E-state index contributed by atoms with van der Waals surface area (Å²) in [6.07, 6.45) is -2.83. The van der Waals surface area contributed by atoms with E-state index in [2.05, 4.69) is 15.2 Å². The molecule has 0 aliphatic rings. The molecule has 96 valence electrons. The van der Waals surface area contributed by atoms with Gasteiger partial charge in [-0.1, -0.05) is 0 Å². The first kappa shape index (κ1) is 13.0. The molecule has 0 atom stereocenters. The summed E-state index contributed by atoms with van der Waals surface area (Å²) >= 11 is 0. The molecule has 0 radical (unpaired) electrons. The summed E-state index contributed by atoms with van der Waals surface area (Å²) in [6, 6.07) is 7.27. The third-order valence-electron chi connectivity index (χ3n) is 2.33. The Morgan fingerprint density at radius 2 is 1.79 bits per heavy atom. The molecule has 2 heterocycles. The zero-order valence-corrected chi connectivity index (χ0v) is 9.52. The van der Waals surface area contributed by atoms with Crippen LogP contribution in [0.3, 0.4) is 0 Å². The van der Waals surface area contributed by atoms with Gasteiger partial charge >= 0.3 is 6.18 Å². The van der Waals surface area contributed by atoms with Crippen molar-refractivity contribution in [3.05, 3.63) is 53.1 Å². The van der Waals surface area contributed by atoms with E-state index in [1.165, 1.54) is 12.3 Å². The van der Waals surface area contributed by atoms with Crippen molar-refractivity contribution in [2.75, 3.05) is 0 Å². The molecule has 0 spiro atoms. The summed E-state index contributed by atoms with van der Waals surface area (Å²) in [5, 5.41) is 15.2. The van der Waals surface area contributed by atoms with E-state index in [9.17, 15) is 13.2 Å². The molecule has 0 amide bonds. The lowest BCUT2D eigenvalue weighted by atomic mass is 10.2. The topological polar surface area (TPSA) is 62.5 Å². The van der Waals surface area contributed by atoms with Crippen molar-refractivity contribution in [2.45, 2.75) is 12.6 Å². The van der Waals surface area contributed by atoms with Gasteiger partial charge in [0.25, 0.3) is 0 Å². The van der Waals surface area contributed by atoms with Crippen LogP contribution in [-0.4, -0.2) is 15.2 Å². The lowest BCUT2D eigenvalue weighted by Gasteiger charge is -2.05. The molecule has 0 unspecified atom stereocenters. The van der Waals surface area contributed by atoms with Crippen molar-refractivity contribution < 1.29 is 13.2 Å². The smallest absolute Gasteiger partial charge is 0.260 e. The van der Waals surface area contributed by atoms with Crippen molar-refractivity contribution in [1.82, 2.24) is 15.2 Å². The monoisotopic (exact) mass is 264 g/mol. The number of aromatic nitrogens is 3. The summed E-state index contributed by atoms with van der Waals surface area (Å²) in [4.78, 5) is 4.00. The number of alkyl halides is 3. The molecule has 19 heavy (non-hydrogen) atoms. The SMILES string of the molecule is N#Cc1ccc(Cc2ccc(C(F)(F)F)nn2)nc1. The lowest BCUT2D eigenvalue weighted by molar-refractivity contribution is -0.141. The van der Waals surface area contributed by atoms with Gasteiger partial charge in [0, 0.05) is 18.3 Å². The summed E-state index contributed by atoms with van der Waals surface area (Å²) < 4.78 is 36.9. The highest BCUT2D eigenvalue weighted by atomic mass is 19.4. The zero-order valence-electron chi connectivity index (χ0n) is 9.52. The zero-order chi connectivity index (χ0) is 13.9. The summed E-state index contributed by atoms with van der Waals surface area (Å²) in [5.74, 6) is 0. The van der Waals surface area contributed by atoms with Crippen molar-refractivity contribution in [3.8, 4) is 6.07 Å². The fourth-order valence-corrected chi connectivity index (χ4v) is 1.39. The molecular weight excluding hydrogens is 257 g/mol. The summed E-state index contributed by atoms with van der Waals surface area (Å²) in [5.41, 5.74) is 0.379. The minimum Gasteiger partial charge on any atom is -0.260 e. The second-order valence-electron chi connectivity index (χ2n) is 3.73. The van der Waals surface area contributed by atoms with Gasteiger partial charge in [0.2, 0.25) is 0 Å². The number of rotatable bonds is 2. The van der Waals surface area contributed by atoms with Crippen LogP contribution in [0.15, 0.2) is 30.5 Å². The molecule has 4 nitrogen and oxygen atoms in total. The third kappa shape index (κ3) is 3.25. The molecule has 0 aliphatic carbocycles. The highest BCUT2D eigenvalue weighted by Crippen LogP contribution is 2.26. The molecule has 2 aromatic rings. The van der Waals surface area contributed by atoms with E-state index < -0.39 is 11.9 Å². The number of halogens is 3. The van der Waals surface area contributed by atoms with Crippen LogP contribution in [0, 0.1) is 11.3 Å². The van der Waals surface area contributed by atoms with Crippen LogP contribution >= 0.6 is 0 Å². The van der Waals surface area contributed by atoms with E-state index in [-0.39, 0.29) is 6.42 Å². The van der Waals surface area contributed by atoms with Gasteiger partial charge in [-0.05, 0) is 24.3 Å². The van der Waals surface area contributed by atoms with Crippen LogP contribution in [0.25, 0.3) is 0 Å². The Bertz CT molecular complexity index is 597. The Morgan fingerprint density at radius 1 is 1.05 bits per heavy atom. The van der Waals surface area contributed by atoms with Gasteiger partial charge < -0.3 is 0 Å². The second-order valence-corrected chi connectivity index (χ2v) is 3.73. The van der Waals surface area contributed by atoms with Crippen molar-refractivity contribution in [2.24, 2.45) is 0 Å². The lowest BCUT2D eigenvalue weighted by Crippen LogP contribution is -2.10. The van der Waals surface area contributed by atoms with Gasteiger partial charge in [-0.25, -0.2) is 0 Å². The molecule has 2 aromatic heterocycles. The normalized spacial score (nSPS) is 11.1. The van der Waals surface area contributed by atoms with Crippen LogP contribution in [0.4, 0.5) is 13.2 Å². The first-order chi connectivity index (χ1) is 8.99. The summed E-state index contributed by atoms with van der Waals surface area (Å²) in [7, 11) is 0. The van der Waals surface area contributed by atoms with E-state index in [1.807, 2.05) is 6.07 Å². The fraction of sp³-hybridized carbons (Fsp3) is 0.167. The number of pyridine rings is 1. The Kier molecular flexibility index (Phi) is 3.42. The predicted octanol–water partition coefficient (Wildman–Crippen LogP) is 2.35. The quantitative estimate of drug-likeness (QED) is 0.835. The Hall–Kier alpha value is -2.49. The Morgan fingerprint density at radius 3 is 2.26 bits per heavy atom. The van der Waals surface area contributed by atoms with Gasteiger partial charge in [0.1, 0.15) is 6.07 Å². The first-order valence-electron chi connectivity index (χ1n) is 5.24. The number of nitrogens with zero attached hydrogens (tertiary/aromatic N) is 4. The summed E-state index contributed by atoms with van der Waals surface area (Å²) in [6.45, 7) is 0. The molecule has 0 saturated carbocycles. The Labute approximate surface area is 106 Å². The van der Waals surface area contributed by atoms with E-state index in [1.54, 1.807) is 12.1 Å². The van der Waals surface area contributed by atoms with E-state index >= 15 is 0 Å². The minimum atomic E-state index is -4.49. The van der Waals surface area contributed by atoms with E-state index in [0.29, 0.717) is 17.0 Å². The van der Waals surface area contributed by atoms with Gasteiger partial charge in [-0.15, -0.1) is 5.10 Å². The molecule has 7 heteroatoms. The first-order valence-corrected chi connectivity index (χ1v) is 5.24. The van der Waals surface area contributed by atoms with Crippen LogP contribution in [-0.2, 0) is 12.6 Å². The molecule has 2 rings (SSSR count). The van der Waals surface area contributed by atoms with Gasteiger partial charge in [0.15, 0.2) is 5.69 Å². The largest absolute Gasteiger partial charge is 0.435 e. The van der Waals surface area contributed by atoms with Gasteiger partial charge in [-0.2, -0.15) is 23.5 Å². The third-order valence-corrected chi connectivity index (χ3v) is 2.33. The average Bonchev–Trinajstić information content (AvgIpc) is 2.39. The van der Waals surface area contributed by atoms with Crippen molar-refractivity contribution in [3.63, 3.8) is 0 Å². The van der Waals surface area contributed by atoms with Crippen LogP contribution in [0.5, 0.6) is 0 Å². The van der Waals surface area contributed by atoms with Gasteiger partial charge in [-0.3, -0.25) is 4.98 Å². The number of hydrogen-bond donors (Lipinski definition) is 0. The van der Waals surface area contributed by atoms with Crippen molar-refractivity contribution in [1.29, 1.82) is 5.26 Å². The second kappa shape index (κ2) is 5.02. The highest BCUT2D eigenvalue weighted by molar-refractivity contribution is 5.27. The highest BCUT2D eigenvalue weighted by Gasteiger charge is 2.32. The number of nitriles is 1.